The number of rotatable bonds is 6. The first-order chi connectivity index (χ1) is 14.3. The molecule has 3 N–H and O–H groups in total. The lowest BCUT2D eigenvalue weighted by molar-refractivity contribution is -0.137. The molecule has 6 nitrogen and oxygen atoms in total. The van der Waals surface area contributed by atoms with Gasteiger partial charge in [0, 0.05) is 37.0 Å². The molecule has 0 bridgehead atoms. The van der Waals surface area contributed by atoms with Crippen LogP contribution in [0, 0.1) is 5.41 Å². The highest BCUT2D eigenvalue weighted by Crippen LogP contribution is 2.30. The second-order valence-electron chi connectivity index (χ2n) is 6.14. The fourth-order valence-corrected chi connectivity index (χ4v) is 2.84. The van der Waals surface area contributed by atoms with E-state index >= 15 is 0 Å². The molecule has 0 atom stereocenters. The highest BCUT2D eigenvalue weighted by molar-refractivity contribution is 6.37. The maximum absolute atomic E-state index is 12.6. The first-order valence-electron chi connectivity index (χ1n) is 8.60. The van der Waals surface area contributed by atoms with Crippen molar-refractivity contribution in [2.24, 2.45) is 0 Å². The van der Waals surface area contributed by atoms with Crippen molar-refractivity contribution in [2.75, 3.05) is 10.6 Å². The molecule has 10 heteroatoms. The zero-order valence-corrected chi connectivity index (χ0v) is 16.1. The molecule has 1 aromatic carbocycles. The van der Waals surface area contributed by atoms with Crippen molar-refractivity contribution in [1.82, 2.24) is 9.97 Å². The third-order valence-corrected chi connectivity index (χ3v) is 4.50. The molecule has 0 spiro atoms. The van der Waals surface area contributed by atoms with Gasteiger partial charge in [-0.05, 0) is 35.9 Å². The van der Waals surface area contributed by atoms with Crippen LogP contribution in [0.4, 0.5) is 24.7 Å². The monoisotopic (exact) mass is 433 g/mol. The first-order valence-corrected chi connectivity index (χ1v) is 8.97. The van der Waals surface area contributed by atoms with E-state index in [0.29, 0.717) is 12.4 Å². The van der Waals surface area contributed by atoms with E-state index in [1.54, 1.807) is 18.5 Å². The number of nitrogens with zero attached hydrogens (tertiary/aromatic N) is 2. The van der Waals surface area contributed by atoms with Crippen LogP contribution in [0.2, 0.25) is 5.02 Å². The quantitative estimate of drug-likeness (QED) is 0.476. The summed E-state index contributed by atoms with van der Waals surface area (Å²) in [4.78, 5) is 20.7. The molecule has 0 aliphatic carbocycles. The first kappa shape index (κ1) is 21.3. The molecule has 3 rings (SSSR count). The van der Waals surface area contributed by atoms with Crippen LogP contribution in [0.5, 0.6) is 0 Å². The Morgan fingerprint density at radius 2 is 1.90 bits per heavy atom. The van der Waals surface area contributed by atoms with E-state index in [0.717, 1.165) is 36.0 Å². The lowest BCUT2D eigenvalue weighted by Crippen LogP contribution is -2.15. The lowest BCUT2D eigenvalue weighted by atomic mass is 10.1. The summed E-state index contributed by atoms with van der Waals surface area (Å²) in [6.07, 6.45) is 1.06. The van der Waals surface area contributed by atoms with Crippen molar-refractivity contribution in [1.29, 1.82) is 5.41 Å². The van der Waals surface area contributed by atoms with E-state index in [9.17, 15) is 18.0 Å². The topological polar surface area (TPSA) is 90.8 Å². The van der Waals surface area contributed by atoms with E-state index in [1.807, 2.05) is 6.07 Å². The van der Waals surface area contributed by atoms with Gasteiger partial charge in [0.2, 0.25) is 0 Å². The summed E-state index contributed by atoms with van der Waals surface area (Å²) in [5.74, 6) is -0.348. The molecular weight excluding hydrogens is 419 g/mol. The molecule has 0 saturated carbocycles. The van der Waals surface area contributed by atoms with Crippen molar-refractivity contribution >= 4 is 35.2 Å². The average Bonchev–Trinajstić information content (AvgIpc) is 2.72. The Morgan fingerprint density at radius 3 is 2.50 bits per heavy atom. The molecule has 0 aliphatic heterocycles. The Balaban J connectivity index is 1.77. The molecule has 30 heavy (non-hydrogen) atoms. The molecule has 154 valence electrons. The third kappa shape index (κ3) is 4.93. The molecule has 0 aliphatic rings. The minimum atomic E-state index is -4.47. The van der Waals surface area contributed by atoms with Gasteiger partial charge in [0.1, 0.15) is 5.82 Å². The highest BCUT2D eigenvalue weighted by atomic mass is 35.5. The number of anilines is 2. The lowest BCUT2D eigenvalue weighted by Gasteiger charge is -2.13. The number of carbonyl (C=O) groups excluding carboxylic acids is 1. The molecule has 1 amide bonds. The molecule has 2 aromatic heterocycles. The number of amides is 1. The Morgan fingerprint density at radius 1 is 1.17 bits per heavy atom. The number of benzene rings is 1. The van der Waals surface area contributed by atoms with Gasteiger partial charge in [0.15, 0.2) is 0 Å². The van der Waals surface area contributed by atoms with Crippen LogP contribution in [0.15, 0.2) is 55.0 Å². The normalized spacial score (nSPS) is 11.1. The van der Waals surface area contributed by atoms with E-state index < -0.39 is 17.6 Å². The van der Waals surface area contributed by atoms with E-state index in [1.165, 1.54) is 6.20 Å². The Bertz CT molecular complexity index is 1060. The summed E-state index contributed by atoms with van der Waals surface area (Å²) in [7, 11) is 0. The number of alkyl halides is 3. The van der Waals surface area contributed by atoms with Crippen LogP contribution in [-0.2, 0) is 12.7 Å². The molecule has 3 aromatic rings. The number of hydrogen-bond donors (Lipinski definition) is 3. The average molecular weight is 434 g/mol. The van der Waals surface area contributed by atoms with Gasteiger partial charge in [0.25, 0.3) is 5.91 Å². The summed E-state index contributed by atoms with van der Waals surface area (Å²) < 4.78 is 37.9. The Hall–Kier alpha value is -3.46. The van der Waals surface area contributed by atoms with Crippen LogP contribution < -0.4 is 10.6 Å². The standard InChI is InChI=1S/C20H15ClF3N5O/c21-17-15(8-25)18(27-10-12-2-1-7-26-9-12)28-11-16(17)19(30)29-14-5-3-13(4-6-14)20(22,23)24/h1-9,11,25H,10H2,(H,27,28)(H,29,30). The SMILES string of the molecule is N=Cc1c(NCc2cccnc2)ncc(C(=O)Nc2ccc(C(F)(F)F)cc2)c1Cl. The second kappa shape index (κ2) is 8.91. The van der Waals surface area contributed by atoms with E-state index in [2.05, 4.69) is 20.6 Å². The molecule has 0 radical (unpaired) electrons. The maximum Gasteiger partial charge on any atom is 0.416 e. The second-order valence-corrected chi connectivity index (χ2v) is 6.51. The summed E-state index contributed by atoms with van der Waals surface area (Å²) in [6.45, 7) is 0.384. The highest BCUT2D eigenvalue weighted by Gasteiger charge is 2.30. The molecule has 0 saturated heterocycles. The summed E-state index contributed by atoms with van der Waals surface area (Å²) in [5, 5.41) is 13.1. The van der Waals surface area contributed by atoms with Crippen molar-refractivity contribution in [2.45, 2.75) is 12.7 Å². The third-order valence-electron chi connectivity index (χ3n) is 4.09. The van der Waals surface area contributed by atoms with Crippen molar-refractivity contribution < 1.29 is 18.0 Å². The maximum atomic E-state index is 12.6. The van der Waals surface area contributed by atoms with Crippen molar-refractivity contribution in [3.8, 4) is 0 Å². The minimum absolute atomic E-state index is 0.00176. The summed E-state index contributed by atoms with van der Waals surface area (Å²) in [6, 6.07) is 7.65. The van der Waals surface area contributed by atoms with Crippen molar-refractivity contribution in [3.05, 3.63) is 82.3 Å². The zero-order valence-electron chi connectivity index (χ0n) is 15.3. The summed E-state index contributed by atoms with van der Waals surface area (Å²) in [5.41, 5.74) is 0.424. The summed E-state index contributed by atoms with van der Waals surface area (Å²) >= 11 is 6.29. The van der Waals surface area contributed by atoms with Gasteiger partial charge in [-0.15, -0.1) is 0 Å². The van der Waals surface area contributed by atoms with Crippen LogP contribution in [-0.4, -0.2) is 22.1 Å². The van der Waals surface area contributed by atoms with Gasteiger partial charge in [-0.25, -0.2) is 4.98 Å². The van der Waals surface area contributed by atoms with Gasteiger partial charge < -0.3 is 16.0 Å². The molecular formula is C20H15ClF3N5O. The minimum Gasteiger partial charge on any atom is -0.365 e. The number of hydrogen-bond acceptors (Lipinski definition) is 5. The predicted molar refractivity (Wildman–Crippen MR) is 108 cm³/mol. The molecule has 2 heterocycles. The van der Waals surface area contributed by atoms with Gasteiger partial charge in [-0.2, -0.15) is 13.2 Å². The number of aromatic nitrogens is 2. The van der Waals surface area contributed by atoms with Crippen LogP contribution >= 0.6 is 11.6 Å². The van der Waals surface area contributed by atoms with E-state index in [4.69, 9.17) is 17.0 Å². The van der Waals surface area contributed by atoms with Crippen molar-refractivity contribution in [3.63, 3.8) is 0 Å². The largest absolute Gasteiger partial charge is 0.416 e. The number of pyridine rings is 2. The van der Waals surface area contributed by atoms with Gasteiger partial charge in [-0.1, -0.05) is 17.7 Å². The van der Waals surface area contributed by atoms with Gasteiger partial charge in [-0.3, -0.25) is 9.78 Å². The Labute approximate surface area is 174 Å². The number of nitrogens with one attached hydrogen (secondary N) is 3. The molecule has 0 fully saturated rings. The van der Waals surface area contributed by atoms with Crippen LogP contribution in [0.1, 0.15) is 27.0 Å². The van der Waals surface area contributed by atoms with Crippen LogP contribution in [0.25, 0.3) is 0 Å². The zero-order chi connectivity index (χ0) is 21.7. The fourth-order valence-electron chi connectivity index (χ4n) is 2.56. The smallest absolute Gasteiger partial charge is 0.365 e. The predicted octanol–water partition coefficient (Wildman–Crippen LogP) is 5.01. The molecule has 0 unspecified atom stereocenters. The fraction of sp³-hybridized carbons (Fsp3) is 0.100. The van der Waals surface area contributed by atoms with Gasteiger partial charge >= 0.3 is 6.18 Å². The number of halogens is 4. The Kier molecular flexibility index (Phi) is 6.31. The van der Waals surface area contributed by atoms with Crippen LogP contribution in [0.3, 0.4) is 0 Å². The van der Waals surface area contributed by atoms with Gasteiger partial charge in [0.05, 0.1) is 21.7 Å². The number of carbonyl (C=O) groups is 1. The van der Waals surface area contributed by atoms with E-state index in [-0.39, 0.29) is 21.8 Å².